The normalized spacial score (nSPS) is 10.8. The van der Waals surface area contributed by atoms with Crippen molar-refractivity contribution in [2.24, 2.45) is 0 Å². The molecular weight excluding hydrogens is 282 g/mol. The Morgan fingerprint density at radius 3 is 2.76 bits per heavy atom. The van der Waals surface area contributed by atoms with Gasteiger partial charge in [-0.25, -0.2) is 0 Å². The lowest BCUT2D eigenvalue weighted by Gasteiger charge is -2.08. The number of ether oxygens (including phenoxy) is 2. The molecule has 0 radical (unpaired) electrons. The molecule has 0 aromatic heterocycles. The largest absolute Gasteiger partial charge is 0.385 e. The fourth-order valence-corrected chi connectivity index (χ4v) is 2.05. The van der Waals surface area contributed by atoms with Crippen molar-refractivity contribution in [1.29, 1.82) is 0 Å². The molecule has 0 unspecified atom stereocenters. The average Bonchev–Trinajstić information content (AvgIpc) is 2.32. The third-order valence-corrected chi connectivity index (χ3v) is 3.13. The third-order valence-electron chi connectivity index (χ3n) is 2.39. The highest BCUT2D eigenvalue weighted by atomic mass is 79.9. The summed E-state index contributed by atoms with van der Waals surface area (Å²) in [5, 5.41) is 3.13. The first-order valence-electron chi connectivity index (χ1n) is 5.76. The fourth-order valence-electron chi connectivity index (χ4n) is 1.51. The Labute approximate surface area is 112 Å². The van der Waals surface area contributed by atoms with E-state index in [0.29, 0.717) is 6.61 Å². The van der Waals surface area contributed by atoms with Gasteiger partial charge in [0, 0.05) is 31.3 Å². The van der Waals surface area contributed by atoms with E-state index in [9.17, 15) is 0 Å². The fraction of sp³-hybridized carbons (Fsp3) is 0.538. The predicted octanol–water partition coefficient (Wildman–Crippen LogP) is 2.72. The summed E-state index contributed by atoms with van der Waals surface area (Å²) >= 11 is 3.57. The van der Waals surface area contributed by atoms with Crippen molar-refractivity contribution in [2.45, 2.75) is 19.6 Å². The van der Waals surface area contributed by atoms with E-state index in [1.807, 2.05) is 7.05 Å². The van der Waals surface area contributed by atoms with Crippen LogP contribution in [0.25, 0.3) is 0 Å². The summed E-state index contributed by atoms with van der Waals surface area (Å²) in [5.74, 6) is 0. The number of methoxy groups -OCH3 is 1. The lowest BCUT2D eigenvalue weighted by molar-refractivity contribution is 0.0925. The quantitative estimate of drug-likeness (QED) is 0.749. The van der Waals surface area contributed by atoms with E-state index in [-0.39, 0.29) is 0 Å². The van der Waals surface area contributed by atoms with Crippen molar-refractivity contribution in [2.75, 3.05) is 27.4 Å². The molecule has 0 aliphatic rings. The number of halogens is 1. The van der Waals surface area contributed by atoms with Gasteiger partial charge in [-0.2, -0.15) is 0 Å². The van der Waals surface area contributed by atoms with Gasteiger partial charge in [0.05, 0.1) is 6.61 Å². The molecule has 96 valence electrons. The van der Waals surface area contributed by atoms with Gasteiger partial charge >= 0.3 is 0 Å². The highest BCUT2D eigenvalue weighted by Crippen LogP contribution is 2.19. The zero-order valence-electron chi connectivity index (χ0n) is 10.5. The smallest absolute Gasteiger partial charge is 0.0727 e. The van der Waals surface area contributed by atoms with Crippen molar-refractivity contribution in [3.8, 4) is 0 Å². The first-order valence-corrected chi connectivity index (χ1v) is 6.55. The van der Waals surface area contributed by atoms with Crippen molar-refractivity contribution >= 4 is 15.9 Å². The summed E-state index contributed by atoms with van der Waals surface area (Å²) in [7, 11) is 3.65. The van der Waals surface area contributed by atoms with Crippen molar-refractivity contribution in [3.63, 3.8) is 0 Å². The van der Waals surface area contributed by atoms with Gasteiger partial charge in [-0.1, -0.05) is 28.1 Å². The van der Waals surface area contributed by atoms with Crippen LogP contribution in [0.5, 0.6) is 0 Å². The maximum Gasteiger partial charge on any atom is 0.0727 e. The molecule has 0 aliphatic carbocycles. The van der Waals surface area contributed by atoms with E-state index in [4.69, 9.17) is 9.47 Å². The summed E-state index contributed by atoms with van der Waals surface area (Å²) in [6.07, 6.45) is 0.936. The average molecular weight is 302 g/mol. The zero-order chi connectivity index (χ0) is 12.5. The second-order valence-corrected chi connectivity index (χ2v) is 4.71. The minimum atomic E-state index is 0.643. The second-order valence-electron chi connectivity index (χ2n) is 3.86. The molecule has 0 spiro atoms. The van der Waals surface area contributed by atoms with Crippen LogP contribution in [0.2, 0.25) is 0 Å². The van der Waals surface area contributed by atoms with E-state index >= 15 is 0 Å². The summed E-state index contributed by atoms with van der Waals surface area (Å²) in [6, 6.07) is 6.35. The number of hydrogen-bond acceptors (Lipinski definition) is 3. The maximum absolute atomic E-state index is 5.58. The van der Waals surface area contributed by atoms with Crippen molar-refractivity contribution in [1.82, 2.24) is 5.32 Å². The Morgan fingerprint density at radius 2 is 2.12 bits per heavy atom. The van der Waals surface area contributed by atoms with Crippen molar-refractivity contribution in [3.05, 3.63) is 33.8 Å². The van der Waals surface area contributed by atoms with Crippen LogP contribution in [0.4, 0.5) is 0 Å². The van der Waals surface area contributed by atoms with Crippen LogP contribution >= 0.6 is 15.9 Å². The third kappa shape index (κ3) is 5.64. The number of nitrogens with one attached hydrogen (secondary N) is 1. The van der Waals surface area contributed by atoms with Crippen LogP contribution < -0.4 is 5.32 Å². The monoisotopic (exact) mass is 301 g/mol. The topological polar surface area (TPSA) is 30.5 Å². The van der Waals surface area contributed by atoms with E-state index in [2.05, 4.69) is 39.4 Å². The molecule has 0 saturated heterocycles. The molecule has 0 atom stereocenters. The van der Waals surface area contributed by atoms with Crippen LogP contribution in [0.3, 0.4) is 0 Å². The van der Waals surface area contributed by atoms with E-state index < -0.39 is 0 Å². The van der Waals surface area contributed by atoms with Crippen LogP contribution in [0, 0.1) is 0 Å². The molecule has 0 saturated carbocycles. The summed E-state index contributed by atoms with van der Waals surface area (Å²) < 4.78 is 11.6. The van der Waals surface area contributed by atoms with Crippen LogP contribution in [-0.4, -0.2) is 27.4 Å². The van der Waals surface area contributed by atoms with Gasteiger partial charge in [-0.15, -0.1) is 0 Å². The van der Waals surface area contributed by atoms with Gasteiger partial charge in [0.15, 0.2) is 0 Å². The standard InChI is InChI=1S/C13H20BrNO2/c1-15-9-11-4-5-12(13(14)8-11)10-17-7-3-6-16-2/h4-5,8,15H,3,6-7,9-10H2,1-2H3. The molecule has 1 N–H and O–H groups in total. The molecule has 0 bridgehead atoms. The number of benzene rings is 1. The molecule has 0 aliphatic heterocycles. The molecule has 0 fully saturated rings. The molecule has 1 rings (SSSR count). The molecule has 0 amide bonds. The molecular formula is C13H20BrNO2. The molecule has 17 heavy (non-hydrogen) atoms. The van der Waals surface area contributed by atoms with Crippen LogP contribution in [-0.2, 0) is 22.6 Å². The van der Waals surface area contributed by atoms with Gasteiger partial charge in [0.2, 0.25) is 0 Å². The predicted molar refractivity (Wildman–Crippen MR) is 73.1 cm³/mol. The molecule has 4 heteroatoms. The van der Waals surface area contributed by atoms with Gasteiger partial charge < -0.3 is 14.8 Å². The number of rotatable bonds is 8. The Balaban J connectivity index is 2.38. The number of hydrogen-bond donors (Lipinski definition) is 1. The van der Waals surface area contributed by atoms with Gasteiger partial charge in [-0.05, 0) is 30.7 Å². The summed E-state index contributed by atoms with van der Waals surface area (Å²) in [5.41, 5.74) is 2.45. The van der Waals surface area contributed by atoms with Crippen molar-refractivity contribution < 1.29 is 9.47 Å². The first kappa shape index (κ1) is 14.6. The van der Waals surface area contributed by atoms with Gasteiger partial charge in [0.25, 0.3) is 0 Å². The minimum absolute atomic E-state index is 0.643. The highest BCUT2D eigenvalue weighted by molar-refractivity contribution is 9.10. The second kappa shape index (κ2) is 8.64. The lowest BCUT2D eigenvalue weighted by atomic mass is 10.1. The SMILES string of the molecule is CNCc1ccc(COCCCOC)c(Br)c1. The van der Waals surface area contributed by atoms with Crippen LogP contribution in [0.15, 0.2) is 22.7 Å². The molecule has 0 heterocycles. The summed E-state index contributed by atoms with van der Waals surface area (Å²) in [6.45, 7) is 3.01. The van der Waals surface area contributed by atoms with E-state index in [1.54, 1.807) is 7.11 Å². The maximum atomic E-state index is 5.58. The Bertz CT molecular complexity index is 331. The van der Waals surface area contributed by atoms with Gasteiger partial charge in [-0.3, -0.25) is 0 Å². The zero-order valence-corrected chi connectivity index (χ0v) is 12.0. The van der Waals surface area contributed by atoms with E-state index in [0.717, 1.165) is 30.7 Å². The van der Waals surface area contributed by atoms with Gasteiger partial charge in [0.1, 0.15) is 0 Å². The Kier molecular flexibility index (Phi) is 7.44. The molecule has 3 nitrogen and oxygen atoms in total. The summed E-state index contributed by atoms with van der Waals surface area (Å²) in [4.78, 5) is 0. The Morgan fingerprint density at radius 1 is 1.29 bits per heavy atom. The minimum Gasteiger partial charge on any atom is -0.385 e. The molecule has 1 aromatic carbocycles. The first-order chi connectivity index (χ1) is 8.27. The van der Waals surface area contributed by atoms with Crippen LogP contribution in [0.1, 0.15) is 17.5 Å². The molecule has 1 aromatic rings. The Hall–Kier alpha value is -0.420. The van der Waals surface area contributed by atoms with E-state index in [1.165, 1.54) is 11.1 Å². The lowest BCUT2D eigenvalue weighted by Crippen LogP contribution is -2.05. The highest BCUT2D eigenvalue weighted by Gasteiger charge is 2.01.